The van der Waals surface area contributed by atoms with Crippen LogP contribution in [0.25, 0.3) is 0 Å². The predicted octanol–water partition coefficient (Wildman–Crippen LogP) is 2.80. The summed E-state index contributed by atoms with van der Waals surface area (Å²) < 4.78 is 18.2. The van der Waals surface area contributed by atoms with Crippen molar-refractivity contribution in [2.24, 2.45) is 0 Å². The van der Waals surface area contributed by atoms with E-state index in [2.05, 4.69) is 5.32 Å². The zero-order valence-corrected chi connectivity index (χ0v) is 10.1. The topological polar surface area (TPSA) is 45.4 Å². The van der Waals surface area contributed by atoms with Crippen LogP contribution in [0.3, 0.4) is 0 Å². The Hall–Kier alpha value is -1.65. The molecule has 1 unspecified atom stereocenters. The Bertz CT molecular complexity index is 484. The second kappa shape index (κ2) is 5.80. The molecular formula is C14H16FNO2. The van der Waals surface area contributed by atoms with Gasteiger partial charge in [0.2, 0.25) is 0 Å². The number of aliphatic hydroxyl groups excluding tert-OH is 1. The van der Waals surface area contributed by atoms with Crippen LogP contribution in [0.1, 0.15) is 30.4 Å². The third-order valence-electron chi connectivity index (χ3n) is 2.84. The van der Waals surface area contributed by atoms with Crippen molar-refractivity contribution in [2.45, 2.75) is 19.1 Å². The monoisotopic (exact) mass is 249 g/mol. The number of furan rings is 1. The molecular weight excluding hydrogens is 233 g/mol. The number of aliphatic hydroxyl groups is 1. The summed E-state index contributed by atoms with van der Waals surface area (Å²) in [6, 6.07) is 9.83. The van der Waals surface area contributed by atoms with E-state index in [0.717, 1.165) is 5.56 Å². The molecule has 2 N–H and O–H groups in total. The Morgan fingerprint density at radius 1 is 1.33 bits per heavy atom. The minimum absolute atomic E-state index is 0.0367. The van der Waals surface area contributed by atoms with E-state index in [1.165, 1.54) is 18.4 Å². The summed E-state index contributed by atoms with van der Waals surface area (Å²) >= 11 is 0. The second-order valence-corrected chi connectivity index (χ2v) is 4.22. The summed E-state index contributed by atoms with van der Waals surface area (Å²) in [5.41, 5.74) is 0.849. The van der Waals surface area contributed by atoms with Crippen molar-refractivity contribution in [2.75, 3.05) is 6.54 Å². The largest absolute Gasteiger partial charge is 0.467 e. The maximum Gasteiger partial charge on any atom is 0.133 e. The fraction of sp³-hybridized carbons (Fsp3) is 0.286. The molecule has 2 aromatic rings. The molecule has 0 spiro atoms. The van der Waals surface area contributed by atoms with Crippen LogP contribution in [0.15, 0.2) is 47.1 Å². The minimum Gasteiger partial charge on any atom is -0.467 e. The standard InChI is InChI=1S/C14H16FNO2/c1-10(11-4-2-5-12(15)8-11)16-9-13(17)14-6-3-7-18-14/h2-8,10,13,16-17H,9H2,1H3/t10-,13?/m0/s1. The zero-order chi connectivity index (χ0) is 13.0. The molecule has 2 rings (SSSR count). The molecule has 0 fully saturated rings. The van der Waals surface area contributed by atoms with E-state index in [9.17, 15) is 9.50 Å². The summed E-state index contributed by atoms with van der Waals surface area (Å²) in [6.07, 6.45) is 0.824. The van der Waals surface area contributed by atoms with Crippen LogP contribution in [0, 0.1) is 5.82 Å². The minimum atomic E-state index is -0.698. The SMILES string of the molecule is C[C@H](NCC(O)c1ccco1)c1cccc(F)c1. The Balaban J connectivity index is 1.90. The molecule has 0 saturated carbocycles. The molecule has 0 aliphatic heterocycles. The highest BCUT2D eigenvalue weighted by atomic mass is 19.1. The molecule has 0 amide bonds. The van der Waals surface area contributed by atoms with Gasteiger partial charge in [0.15, 0.2) is 0 Å². The molecule has 96 valence electrons. The van der Waals surface area contributed by atoms with Crippen LogP contribution >= 0.6 is 0 Å². The van der Waals surface area contributed by atoms with Crippen molar-refractivity contribution < 1.29 is 13.9 Å². The van der Waals surface area contributed by atoms with Crippen LogP contribution in [-0.2, 0) is 0 Å². The van der Waals surface area contributed by atoms with Crippen LogP contribution < -0.4 is 5.32 Å². The average molecular weight is 249 g/mol. The average Bonchev–Trinajstić information content (AvgIpc) is 2.89. The van der Waals surface area contributed by atoms with Crippen LogP contribution in [0.4, 0.5) is 4.39 Å². The molecule has 2 atom stereocenters. The van der Waals surface area contributed by atoms with E-state index in [4.69, 9.17) is 4.42 Å². The number of halogens is 1. The molecule has 1 aromatic heterocycles. The molecule has 3 nitrogen and oxygen atoms in total. The maximum atomic E-state index is 13.1. The van der Waals surface area contributed by atoms with Crippen LogP contribution in [-0.4, -0.2) is 11.7 Å². The van der Waals surface area contributed by atoms with E-state index < -0.39 is 6.10 Å². The van der Waals surface area contributed by atoms with Gasteiger partial charge in [0.1, 0.15) is 17.7 Å². The van der Waals surface area contributed by atoms with Gasteiger partial charge in [-0.15, -0.1) is 0 Å². The van der Waals surface area contributed by atoms with Gasteiger partial charge < -0.3 is 14.8 Å². The van der Waals surface area contributed by atoms with Crippen LogP contribution in [0.2, 0.25) is 0 Å². The lowest BCUT2D eigenvalue weighted by molar-refractivity contribution is 0.144. The number of hydrogen-bond acceptors (Lipinski definition) is 3. The van der Waals surface area contributed by atoms with Crippen molar-refractivity contribution in [3.05, 3.63) is 59.8 Å². The van der Waals surface area contributed by atoms with Gasteiger partial charge in [-0.05, 0) is 36.8 Å². The van der Waals surface area contributed by atoms with Crippen molar-refractivity contribution >= 4 is 0 Å². The Morgan fingerprint density at radius 3 is 2.83 bits per heavy atom. The molecule has 18 heavy (non-hydrogen) atoms. The van der Waals surface area contributed by atoms with Gasteiger partial charge in [-0.3, -0.25) is 0 Å². The quantitative estimate of drug-likeness (QED) is 0.856. The van der Waals surface area contributed by atoms with Gasteiger partial charge in [-0.1, -0.05) is 12.1 Å². The fourth-order valence-corrected chi connectivity index (χ4v) is 1.76. The molecule has 0 aliphatic carbocycles. The second-order valence-electron chi connectivity index (χ2n) is 4.22. The molecule has 0 radical (unpaired) electrons. The van der Waals surface area contributed by atoms with Gasteiger partial charge in [0, 0.05) is 12.6 Å². The van der Waals surface area contributed by atoms with E-state index in [1.807, 2.05) is 13.0 Å². The number of benzene rings is 1. The number of hydrogen-bond donors (Lipinski definition) is 2. The van der Waals surface area contributed by atoms with Gasteiger partial charge in [0.25, 0.3) is 0 Å². The molecule has 0 saturated heterocycles. The third-order valence-corrected chi connectivity index (χ3v) is 2.84. The highest BCUT2D eigenvalue weighted by Crippen LogP contribution is 2.16. The number of rotatable bonds is 5. The third kappa shape index (κ3) is 3.18. The van der Waals surface area contributed by atoms with Crippen LogP contribution in [0.5, 0.6) is 0 Å². The molecule has 0 aliphatic rings. The van der Waals surface area contributed by atoms with Crippen molar-refractivity contribution in [3.63, 3.8) is 0 Å². The Kier molecular flexibility index (Phi) is 4.12. The Morgan fingerprint density at radius 2 is 2.17 bits per heavy atom. The first-order chi connectivity index (χ1) is 8.66. The predicted molar refractivity (Wildman–Crippen MR) is 66.5 cm³/mol. The Labute approximate surface area is 105 Å². The summed E-state index contributed by atoms with van der Waals surface area (Å²) in [4.78, 5) is 0. The summed E-state index contributed by atoms with van der Waals surface area (Å²) in [5.74, 6) is 0.265. The lowest BCUT2D eigenvalue weighted by atomic mass is 10.1. The smallest absolute Gasteiger partial charge is 0.133 e. The fourth-order valence-electron chi connectivity index (χ4n) is 1.76. The summed E-state index contributed by atoms with van der Waals surface area (Å²) in [5, 5.41) is 13.0. The molecule has 4 heteroatoms. The lowest BCUT2D eigenvalue weighted by Gasteiger charge is -2.16. The molecule has 1 heterocycles. The summed E-state index contributed by atoms with van der Waals surface area (Å²) in [6.45, 7) is 2.27. The zero-order valence-electron chi connectivity index (χ0n) is 10.1. The van der Waals surface area contributed by atoms with Gasteiger partial charge >= 0.3 is 0 Å². The first-order valence-electron chi connectivity index (χ1n) is 5.87. The maximum absolute atomic E-state index is 13.1. The lowest BCUT2D eigenvalue weighted by Crippen LogP contribution is -2.24. The van der Waals surface area contributed by atoms with Gasteiger partial charge in [-0.25, -0.2) is 4.39 Å². The van der Waals surface area contributed by atoms with Gasteiger partial charge in [-0.2, -0.15) is 0 Å². The van der Waals surface area contributed by atoms with E-state index >= 15 is 0 Å². The molecule has 0 bridgehead atoms. The highest BCUT2D eigenvalue weighted by Gasteiger charge is 2.12. The first-order valence-corrected chi connectivity index (χ1v) is 5.87. The van der Waals surface area contributed by atoms with Gasteiger partial charge in [0.05, 0.1) is 6.26 Å². The van der Waals surface area contributed by atoms with Crippen molar-refractivity contribution in [1.82, 2.24) is 5.32 Å². The number of nitrogens with one attached hydrogen (secondary N) is 1. The van der Waals surface area contributed by atoms with Crippen molar-refractivity contribution in [3.8, 4) is 0 Å². The van der Waals surface area contributed by atoms with E-state index in [1.54, 1.807) is 18.2 Å². The van der Waals surface area contributed by atoms with E-state index in [-0.39, 0.29) is 11.9 Å². The van der Waals surface area contributed by atoms with E-state index in [0.29, 0.717) is 12.3 Å². The first kappa shape index (κ1) is 12.8. The highest BCUT2D eigenvalue weighted by molar-refractivity contribution is 5.19. The normalized spacial score (nSPS) is 14.4. The molecule has 1 aromatic carbocycles. The summed E-state index contributed by atoms with van der Waals surface area (Å²) in [7, 11) is 0. The van der Waals surface area contributed by atoms with Crippen molar-refractivity contribution in [1.29, 1.82) is 0 Å².